The summed E-state index contributed by atoms with van der Waals surface area (Å²) in [6.45, 7) is 10.3. The number of rotatable bonds is 7. The molecule has 5 nitrogen and oxygen atoms in total. The van der Waals surface area contributed by atoms with E-state index in [0.29, 0.717) is 12.3 Å². The molecule has 0 bridgehead atoms. The van der Waals surface area contributed by atoms with E-state index in [4.69, 9.17) is 9.84 Å². The molecule has 0 aromatic rings. The zero-order valence-electron chi connectivity index (χ0n) is 17.3. The molecule has 2 rings (SSSR count). The van der Waals surface area contributed by atoms with Gasteiger partial charge in [-0.05, 0) is 65.9 Å². The van der Waals surface area contributed by atoms with Gasteiger partial charge in [-0.2, -0.15) is 0 Å². The normalized spacial score (nSPS) is 34.4. The molecule has 0 radical (unpaired) electrons. The first kappa shape index (κ1) is 21.6. The van der Waals surface area contributed by atoms with Gasteiger partial charge in [0.25, 0.3) is 0 Å². The quantitative estimate of drug-likeness (QED) is 0.664. The number of hydrogen-bond acceptors (Lipinski definition) is 4. The molecule has 2 aliphatic carbocycles. The number of aliphatic carboxylic acids is 1. The van der Waals surface area contributed by atoms with E-state index in [0.717, 1.165) is 31.3 Å². The number of carboxylic acid groups (broad SMARTS) is 1. The summed E-state index contributed by atoms with van der Waals surface area (Å²) >= 11 is 0. The summed E-state index contributed by atoms with van der Waals surface area (Å²) in [6, 6.07) is 0. The molecule has 0 saturated heterocycles. The number of esters is 1. The summed E-state index contributed by atoms with van der Waals surface area (Å²) in [5, 5.41) is 9.05. The largest absolute Gasteiger partial charge is 0.481 e. The van der Waals surface area contributed by atoms with Gasteiger partial charge in [0.1, 0.15) is 6.61 Å². The zero-order valence-corrected chi connectivity index (χ0v) is 17.3. The number of allylic oxidation sites excluding steroid dienone is 1. The fourth-order valence-corrected chi connectivity index (χ4v) is 5.32. The second kappa shape index (κ2) is 8.15. The predicted molar refractivity (Wildman–Crippen MR) is 103 cm³/mol. The van der Waals surface area contributed by atoms with E-state index < -0.39 is 5.97 Å². The third kappa shape index (κ3) is 4.61. The van der Waals surface area contributed by atoms with E-state index in [1.807, 2.05) is 6.92 Å². The third-order valence-corrected chi connectivity index (χ3v) is 7.39. The van der Waals surface area contributed by atoms with Crippen LogP contribution in [0.2, 0.25) is 0 Å². The van der Waals surface area contributed by atoms with Gasteiger partial charge < -0.3 is 9.84 Å². The van der Waals surface area contributed by atoms with E-state index >= 15 is 0 Å². The van der Waals surface area contributed by atoms with Crippen LogP contribution in [-0.4, -0.2) is 29.4 Å². The number of carbonyl (C=O) groups is 3. The van der Waals surface area contributed by atoms with Crippen LogP contribution >= 0.6 is 0 Å². The van der Waals surface area contributed by atoms with Crippen LogP contribution < -0.4 is 0 Å². The third-order valence-electron chi connectivity index (χ3n) is 7.39. The van der Waals surface area contributed by atoms with Gasteiger partial charge in [-0.15, -0.1) is 0 Å². The van der Waals surface area contributed by atoms with Gasteiger partial charge >= 0.3 is 11.9 Å². The lowest BCUT2D eigenvalue weighted by Crippen LogP contribution is -2.52. The molecule has 1 fully saturated rings. The van der Waals surface area contributed by atoms with Crippen molar-refractivity contribution in [2.75, 3.05) is 6.61 Å². The predicted octanol–water partition coefficient (Wildman–Crippen LogP) is 4.40. The van der Waals surface area contributed by atoms with E-state index in [9.17, 15) is 14.4 Å². The standard InChI is InChI=1S/C22H34O5/c1-14(10-20(25)26)6-8-21(4)15(2)7-9-22(5)17(13-27-16(3)23)11-18(24)12-19(21)22/h11,14-15,19H,6-10,12-13H2,1-5H3,(H,25,26)/t14-,15+,19-,21+,22-/m1/s1. The van der Waals surface area contributed by atoms with Crippen LogP contribution in [0.5, 0.6) is 0 Å². The van der Waals surface area contributed by atoms with Crippen LogP contribution in [0.4, 0.5) is 0 Å². The van der Waals surface area contributed by atoms with Crippen molar-refractivity contribution in [2.24, 2.45) is 28.6 Å². The summed E-state index contributed by atoms with van der Waals surface area (Å²) in [4.78, 5) is 34.8. The fourth-order valence-electron chi connectivity index (χ4n) is 5.32. The minimum atomic E-state index is -0.756. The van der Waals surface area contributed by atoms with Gasteiger partial charge in [-0.25, -0.2) is 0 Å². The highest BCUT2D eigenvalue weighted by Gasteiger charge is 2.55. The molecule has 0 amide bonds. The Morgan fingerprint density at radius 3 is 2.63 bits per heavy atom. The summed E-state index contributed by atoms with van der Waals surface area (Å²) < 4.78 is 5.26. The van der Waals surface area contributed by atoms with Crippen LogP contribution in [0.15, 0.2) is 11.6 Å². The molecule has 5 atom stereocenters. The monoisotopic (exact) mass is 378 g/mol. The minimum absolute atomic E-state index is 0.0366. The zero-order chi connectivity index (χ0) is 20.4. The maximum absolute atomic E-state index is 12.5. The van der Waals surface area contributed by atoms with E-state index in [1.165, 1.54) is 6.92 Å². The topological polar surface area (TPSA) is 80.7 Å². The van der Waals surface area contributed by atoms with Crippen molar-refractivity contribution in [1.29, 1.82) is 0 Å². The molecule has 152 valence electrons. The first-order valence-electron chi connectivity index (χ1n) is 10.1. The number of ketones is 1. The smallest absolute Gasteiger partial charge is 0.303 e. The summed E-state index contributed by atoms with van der Waals surface area (Å²) in [5.41, 5.74) is 0.752. The first-order chi connectivity index (χ1) is 12.5. The van der Waals surface area contributed by atoms with Crippen molar-refractivity contribution in [3.05, 3.63) is 11.6 Å². The minimum Gasteiger partial charge on any atom is -0.481 e. The number of carboxylic acids is 1. The maximum atomic E-state index is 12.5. The highest BCUT2D eigenvalue weighted by atomic mass is 16.5. The number of carbonyl (C=O) groups excluding carboxylic acids is 2. The Bertz CT molecular complexity index is 637. The molecule has 1 saturated carbocycles. The number of hydrogen-bond donors (Lipinski definition) is 1. The fraction of sp³-hybridized carbons (Fsp3) is 0.773. The van der Waals surface area contributed by atoms with Gasteiger partial charge in [0, 0.05) is 19.8 Å². The average Bonchev–Trinajstić information content (AvgIpc) is 2.56. The molecular weight excluding hydrogens is 344 g/mol. The van der Waals surface area contributed by atoms with Crippen LogP contribution in [0, 0.1) is 28.6 Å². The molecule has 2 aliphatic rings. The van der Waals surface area contributed by atoms with Gasteiger partial charge in [-0.3, -0.25) is 14.4 Å². The molecule has 0 heterocycles. The van der Waals surface area contributed by atoms with Crippen molar-refractivity contribution >= 4 is 17.7 Å². The lowest BCUT2D eigenvalue weighted by molar-refractivity contribution is -0.142. The Morgan fingerprint density at radius 1 is 1.37 bits per heavy atom. The van der Waals surface area contributed by atoms with Gasteiger partial charge in [0.05, 0.1) is 0 Å². The molecular formula is C22H34O5. The molecule has 0 unspecified atom stereocenters. The van der Waals surface area contributed by atoms with Crippen molar-refractivity contribution < 1.29 is 24.2 Å². The van der Waals surface area contributed by atoms with Crippen LogP contribution in [0.25, 0.3) is 0 Å². The summed E-state index contributed by atoms with van der Waals surface area (Å²) in [7, 11) is 0. The van der Waals surface area contributed by atoms with Crippen LogP contribution in [0.3, 0.4) is 0 Å². The van der Waals surface area contributed by atoms with Gasteiger partial charge in [-0.1, -0.05) is 27.7 Å². The SMILES string of the molecule is CC(=O)OCC1=CC(=O)C[C@@H]2[C@@](C)(CC[C@@H](C)CC(=O)O)[C@@H](C)CC[C@]12C. The molecule has 0 spiro atoms. The molecule has 1 N–H and O–H groups in total. The van der Waals surface area contributed by atoms with Crippen molar-refractivity contribution in [1.82, 2.24) is 0 Å². The first-order valence-corrected chi connectivity index (χ1v) is 10.1. The Hall–Kier alpha value is -1.65. The second-order valence-corrected chi connectivity index (χ2v) is 9.28. The van der Waals surface area contributed by atoms with Gasteiger partial charge in [0.15, 0.2) is 5.78 Å². The van der Waals surface area contributed by atoms with Crippen molar-refractivity contribution in [2.45, 2.75) is 73.1 Å². The molecule has 0 aliphatic heterocycles. The highest BCUT2D eigenvalue weighted by molar-refractivity contribution is 5.92. The summed E-state index contributed by atoms with van der Waals surface area (Å²) in [6.07, 6.45) is 6.20. The Morgan fingerprint density at radius 2 is 2.04 bits per heavy atom. The van der Waals surface area contributed by atoms with E-state index in [2.05, 4.69) is 20.8 Å². The number of ether oxygens (including phenoxy) is 1. The van der Waals surface area contributed by atoms with Crippen molar-refractivity contribution in [3.63, 3.8) is 0 Å². The maximum Gasteiger partial charge on any atom is 0.303 e. The van der Waals surface area contributed by atoms with Crippen LogP contribution in [0.1, 0.15) is 73.1 Å². The second-order valence-electron chi connectivity index (χ2n) is 9.28. The molecule has 0 aromatic heterocycles. The van der Waals surface area contributed by atoms with Gasteiger partial charge in [0.2, 0.25) is 0 Å². The van der Waals surface area contributed by atoms with E-state index in [-0.39, 0.29) is 47.4 Å². The average molecular weight is 379 g/mol. The highest BCUT2D eigenvalue weighted by Crippen LogP contribution is 2.61. The van der Waals surface area contributed by atoms with Crippen LogP contribution in [-0.2, 0) is 19.1 Å². The molecule has 5 heteroatoms. The number of fused-ring (bicyclic) bond motifs is 1. The Labute approximate surface area is 162 Å². The Kier molecular flexibility index (Phi) is 6.54. The lowest BCUT2D eigenvalue weighted by Gasteiger charge is -2.58. The Balaban J connectivity index is 2.26. The van der Waals surface area contributed by atoms with E-state index in [1.54, 1.807) is 6.08 Å². The lowest BCUT2D eigenvalue weighted by atomic mass is 9.46. The summed E-state index contributed by atoms with van der Waals surface area (Å²) in [5.74, 6) is -0.201. The molecule has 27 heavy (non-hydrogen) atoms. The molecule has 0 aromatic carbocycles. The van der Waals surface area contributed by atoms with Crippen molar-refractivity contribution in [3.8, 4) is 0 Å².